The van der Waals surface area contributed by atoms with Crippen LogP contribution in [-0.4, -0.2) is 78.1 Å². The lowest BCUT2D eigenvalue weighted by atomic mass is 10.2. The van der Waals surface area contributed by atoms with Crippen LogP contribution in [0.4, 0.5) is 11.9 Å². The molecule has 2 fully saturated rings. The van der Waals surface area contributed by atoms with Gasteiger partial charge >= 0.3 is 0 Å². The smallest absolute Gasteiger partial charge is 0.237 e. The SMILES string of the molecule is CC(C)c1nc(N(C)C)nc(N2CCN(C(C)C(=O)NC3CC3)CC2)n1. The Kier molecular flexibility index (Phi) is 5.60. The molecule has 3 rings (SSSR count). The summed E-state index contributed by atoms with van der Waals surface area (Å²) in [7, 11) is 3.89. The molecule has 1 unspecified atom stereocenters. The Morgan fingerprint density at radius 2 is 1.73 bits per heavy atom. The van der Waals surface area contributed by atoms with E-state index in [9.17, 15) is 4.79 Å². The maximum atomic E-state index is 12.3. The number of carbonyl (C=O) groups is 1. The highest BCUT2D eigenvalue weighted by Crippen LogP contribution is 2.21. The lowest BCUT2D eigenvalue weighted by molar-refractivity contribution is -0.126. The van der Waals surface area contributed by atoms with Crippen molar-refractivity contribution in [3.63, 3.8) is 0 Å². The Hall–Kier alpha value is -1.96. The highest BCUT2D eigenvalue weighted by Gasteiger charge is 2.30. The number of amides is 1. The van der Waals surface area contributed by atoms with Crippen LogP contribution in [0, 0.1) is 0 Å². The molecule has 0 aromatic carbocycles. The maximum Gasteiger partial charge on any atom is 0.237 e. The average molecular weight is 361 g/mol. The minimum Gasteiger partial charge on any atom is -0.352 e. The molecule has 26 heavy (non-hydrogen) atoms. The summed E-state index contributed by atoms with van der Waals surface area (Å²) >= 11 is 0. The van der Waals surface area contributed by atoms with Crippen molar-refractivity contribution < 1.29 is 4.79 Å². The Balaban J connectivity index is 1.64. The Morgan fingerprint density at radius 1 is 1.08 bits per heavy atom. The number of hydrogen-bond donors (Lipinski definition) is 1. The zero-order valence-corrected chi connectivity index (χ0v) is 16.6. The number of nitrogens with one attached hydrogen (secondary N) is 1. The van der Waals surface area contributed by atoms with Crippen molar-refractivity contribution in [1.29, 1.82) is 0 Å². The third-order valence-corrected chi connectivity index (χ3v) is 4.99. The molecule has 0 spiro atoms. The third-order valence-electron chi connectivity index (χ3n) is 4.99. The van der Waals surface area contributed by atoms with Crippen molar-refractivity contribution in [3.05, 3.63) is 5.82 Å². The van der Waals surface area contributed by atoms with Crippen molar-refractivity contribution in [3.8, 4) is 0 Å². The summed E-state index contributed by atoms with van der Waals surface area (Å²) in [4.78, 5) is 32.5. The van der Waals surface area contributed by atoms with Gasteiger partial charge in [-0.1, -0.05) is 13.8 Å². The molecule has 2 heterocycles. The van der Waals surface area contributed by atoms with E-state index in [1.807, 2.05) is 25.9 Å². The van der Waals surface area contributed by atoms with Crippen molar-refractivity contribution >= 4 is 17.8 Å². The number of aromatic nitrogens is 3. The number of nitrogens with zero attached hydrogens (tertiary/aromatic N) is 6. The maximum absolute atomic E-state index is 12.3. The molecule has 8 nitrogen and oxygen atoms in total. The van der Waals surface area contributed by atoms with Crippen molar-refractivity contribution in [1.82, 2.24) is 25.2 Å². The Morgan fingerprint density at radius 3 is 2.27 bits per heavy atom. The normalized spacial score (nSPS) is 19.5. The van der Waals surface area contributed by atoms with Crippen LogP contribution in [0.5, 0.6) is 0 Å². The minimum atomic E-state index is -0.0836. The van der Waals surface area contributed by atoms with E-state index in [4.69, 9.17) is 0 Å². The zero-order chi connectivity index (χ0) is 18.8. The zero-order valence-electron chi connectivity index (χ0n) is 16.6. The fraction of sp³-hybridized carbons (Fsp3) is 0.778. The van der Waals surface area contributed by atoms with Crippen molar-refractivity contribution in [2.75, 3.05) is 50.1 Å². The predicted molar refractivity (Wildman–Crippen MR) is 103 cm³/mol. The van der Waals surface area contributed by atoms with Crippen LogP contribution in [0.3, 0.4) is 0 Å². The molecule has 8 heteroatoms. The number of rotatable bonds is 6. The molecule has 0 radical (unpaired) electrons. The van der Waals surface area contributed by atoms with E-state index in [2.05, 4.69) is 43.9 Å². The molecule has 1 saturated heterocycles. The molecule has 1 aliphatic carbocycles. The lowest BCUT2D eigenvalue weighted by Gasteiger charge is -2.37. The van der Waals surface area contributed by atoms with E-state index in [0.717, 1.165) is 50.8 Å². The molecule has 1 saturated carbocycles. The van der Waals surface area contributed by atoms with Crippen LogP contribution in [0.15, 0.2) is 0 Å². The van der Waals surface area contributed by atoms with Gasteiger partial charge in [-0.25, -0.2) is 0 Å². The predicted octanol–water partition coefficient (Wildman–Crippen LogP) is 0.850. The molecule has 1 amide bonds. The summed E-state index contributed by atoms with van der Waals surface area (Å²) in [6, 6.07) is 0.329. The van der Waals surface area contributed by atoms with Crippen LogP contribution >= 0.6 is 0 Å². The molecule has 1 aromatic heterocycles. The molecular formula is C18H31N7O. The Labute approximate surface area is 156 Å². The van der Waals surface area contributed by atoms with Gasteiger partial charge in [0.15, 0.2) is 0 Å². The summed E-state index contributed by atoms with van der Waals surface area (Å²) in [5.74, 6) is 2.65. The first-order valence-electron chi connectivity index (χ1n) is 9.58. The van der Waals surface area contributed by atoms with Gasteiger partial charge in [0, 0.05) is 52.2 Å². The minimum absolute atomic E-state index is 0.0836. The molecule has 1 N–H and O–H groups in total. The quantitative estimate of drug-likeness (QED) is 0.805. The summed E-state index contributed by atoms with van der Waals surface area (Å²) in [6.45, 7) is 9.48. The van der Waals surface area contributed by atoms with Gasteiger partial charge in [-0.05, 0) is 19.8 Å². The number of anilines is 2. The van der Waals surface area contributed by atoms with E-state index in [1.54, 1.807) is 0 Å². The van der Waals surface area contributed by atoms with Gasteiger partial charge < -0.3 is 15.1 Å². The van der Waals surface area contributed by atoms with Gasteiger partial charge in [0.25, 0.3) is 0 Å². The molecular weight excluding hydrogens is 330 g/mol. The first-order valence-corrected chi connectivity index (χ1v) is 9.58. The van der Waals surface area contributed by atoms with E-state index in [-0.39, 0.29) is 17.9 Å². The first-order chi connectivity index (χ1) is 12.3. The molecule has 1 aromatic rings. The lowest BCUT2D eigenvalue weighted by Crippen LogP contribution is -2.54. The molecule has 2 aliphatic rings. The fourth-order valence-corrected chi connectivity index (χ4v) is 2.99. The average Bonchev–Trinajstić information content (AvgIpc) is 3.44. The fourth-order valence-electron chi connectivity index (χ4n) is 2.99. The number of piperazine rings is 1. The molecule has 0 bridgehead atoms. The largest absolute Gasteiger partial charge is 0.352 e. The van der Waals surface area contributed by atoms with Gasteiger partial charge in [0.2, 0.25) is 17.8 Å². The van der Waals surface area contributed by atoms with E-state index in [0.29, 0.717) is 12.0 Å². The van der Waals surface area contributed by atoms with Crippen LogP contribution in [-0.2, 0) is 4.79 Å². The molecule has 1 aliphatic heterocycles. The molecule has 1 atom stereocenters. The van der Waals surface area contributed by atoms with Crippen molar-refractivity contribution in [2.24, 2.45) is 0 Å². The highest BCUT2D eigenvalue weighted by atomic mass is 16.2. The summed E-state index contributed by atoms with van der Waals surface area (Å²) in [5, 5.41) is 3.10. The van der Waals surface area contributed by atoms with Crippen LogP contribution in [0.25, 0.3) is 0 Å². The number of carbonyl (C=O) groups excluding carboxylic acids is 1. The van der Waals surface area contributed by atoms with Gasteiger partial charge in [-0.15, -0.1) is 0 Å². The number of hydrogen-bond acceptors (Lipinski definition) is 7. The van der Waals surface area contributed by atoms with E-state index >= 15 is 0 Å². The van der Waals surface area contributed by atoms with Crippen molar-refractivity contribution in [2.45, 2.75) is 51.6 Å². The second-order valence-electron chi connectivity index (χ2n) is 7.82. The van der Waals surface area contributed by atoms with Gasteiger partial charge in [-0.2, -0.15) is 15.0 Å². The molecule has 144 valence electrons. The second-order valence-corrected chi connectivity index (χ2v) is 7.82. The standard InChI is InChI=1S/C18H31N7O/c1-12(2)15-20-17(23(4)5)22-18(21-15)25-10-8-24(9-11-25)13(3)16(26)19-14-6-7-14/h12-14H,6-11H2,1-5H3,(H,19,26). The monoisotopic (exact) mass is 361 g/mol. The van der Waals surface area contributed by atoms with Crippen LogP contribution in [0.1, 0.15) is 45.4 Å². The summed E-state index contributed by atoms with van der Waals surface area (Å²) < 4.78 is 0. The van der Waals surface area contributed by atoms with Gasteiger partial charge in [0.1, 0.15) is 5.82 Å². The summed E-state index contributed by atoms with van der Waals surface area (Å²) in [6.07, 6.45) is 2.25. The third kappa shape index (κ3) is 4.41. The van der Waals surface area contributed by atoms with E-state index < -0.39 is 0 Å². The first kappa shape index (κ1) is 18.8. The van der Waals surface area contributed by atoms with Gasteiger partial charge in [-0.3, -0.25) is 9.69 Å². The van der Waals surface area contributed by atoms with E-state index in [1.165, 1.54) is 0 Å². The Bertz CT molecular complexity index is 610. The summed E-state index contributed by atoms with van der Waals surface area (Å²) in [5.41, 5.74) is 0. The highest BCUT2D eigenvalue weighted by molar-refractivity contribution is 5.81. The second kappa shape index (κ2) is 7.73. The van der Waals surface area contributed by atoms with Crippen LogP contribution in [0.2, 0.25) is 0 Å². The van der Waals surface area contributed by atoms with Crippen LogP contribution < -0.4 is 15.1 Å². The van der Waals surface area contributed by atoms with Gasteiger partial charge in [0.05, 0.1) is 6.04 Å². The topological polar surface area (TPSA) is 77.5 Å².